The third-order valence-corrected chi connectivity index (χ3v) is 7.29. The Kier molecular flexibility index (Phi) is 5.98. The van der Waals surface area contributed by atoms with Crippen LogP contribution < -0.4 is 10.2 Å². The maximum atomic E-state index is 15.4. The Bertz CT molecular complexity index is 1360. The van der Waals surface area contributed by atoms with Gasteiger partial charge in [0.15, 0.2) is 12.1 Å². The van der Waals surface area contributed by atoms with Gasteiger partial charge in [-0.15, -0.1) is 0 Å². The SMILES string of the molecule is CC(C)n1c(N2CCC(F)(F)C2)nc2c(F)cc(-c3nc(N[C@@H]4C[C@H]5CO[C@H](O5)[C@H]4O)ncc3Cl)cc21. The summed E-state index contributed by atoms with van der Waals surface area (Å²) in [4.78, 5) is 14.6. The molecule has 0 radical (unpaired) electrons. The molecule has 5 heterocycles. The number of aliphatic hydroxyl groups is 1. The predicted octanol–water partition coefficient (Wildman–Crippen LogP) is 4.00. The van der Waals surface area contributed by atoms with E-state index < -0.39 is 36.7 Å². The number of imidazole rings is 1. The Labute approximate surface area is 215 Å². The van der Waals surface area contributed by atoms with Crippen LogP contribution in [0.3, 0.4) is 0 Å². The summed E-state index contributed by atoms with van der Waals surface area (Å²) >= 11 is 6.43. The van der Waals surface area contributed by atoms with E-state index in [0.717, 1.165) is 0 Å². The zero-order valence-electron chi connectivity index (χ0n) is 20.2. The largest absolute Gasteiger partial charge is 0.386 e. The van der Waals surface area contributed by atoms with Crippen molar-refractivity contribution in [2.45, 2.75) is 63.2 Å². The summed E-state index contributed by atoms with van der Waals surface area (Å²) in [7, 11) is 0. The number of alkyl halides is 2. The second-order valence-electron chi connectivity index (χ2n) is 10.1. The lowest BCUT2D eigenvalue weighted by Crippen LogP contribution is -2.48. The standard InChI is InChI=1S/C24H26ClF3N6O3/c1-11(2)34-17-6-12(5-15(26)19(17)32-23(34)33-4-3-24(27,28)10-33)18-14(25)8-29-22(31-18)30-16-7-13-9-36-21(37-13)20(16)35/h5-6,8,11,13,16,20-21,35H,3-4,7,9-10H2,1-2H3,(H,29,30,31)/t13-,16+,20-,21+/m0/s1. The number of halogens is 4. The van der Waals surface area contributed by atoms with E-state index in [1.54, 1.807) is 10.6 Å². The number of rotatable bonds is 5. The Morgan fingerprint density at radius 1 is 1.27 bits per heavy atom. The van der Waals surface area contributed by atoms with Gasteiger partial charge in [-0.1, -0.05) is 11.6 Å². The highest BCUT2D eigenvalue weighted by Crippen LogP contribution is 2.37. The van der Waals surface area contributed by atoms with E-state index >= 15 is 4.39 Å². The van der Waals surface area contributed by atoms with Gasteiger partial charge in [0.1, 0.15) is 11.6 Å². The molecule has 2 aromatic heterocycles. The molecule has 3 aromatic rings. The van der Waals surface area contributed by atoms with Crippen LogP contribution in [-0.2, 0) is 9.47 Å². The number of nitrogens with one attached hydrogen (secondary N) is 1. The van der Waals surface area contributed by atoms with Gasteiger partial charge >= 0.3 is 0 Å². The number of aromatic nitrogens is 4. The summed E-state index contributed by atoms with van der Waals surface area (Å²) in [5.41, 5.74) is 1.21. The fraction of sp³-hybridized carbons (Fsp3) is 0.542. The fourth-order valence-corrected chi connectivity index (χ4v) is 5.45. The van der Waals surface area contributed by atoms with Gasteiger partial charge in [-0.3, -0.25) is 0 Å². The van der Waals surface area contributed by atoms with Gasteiger partial charge in [0.2, 0.25) is 11.9 Å². The Morgan fingerprint density at radius 3 is 2.81 bits per heavy atom. The number of hydrogen-bond acceptors (Lipinski definition) is 8. The van der Waals surface area contributed by atoms with Crippen molar-refractivity contribution >= 4 is 34.5 Å². The number of benzene rings is 1. The molecule has 2 N–H and O–H groups in total. The lowest BCUT2D eigenvalue weighted by atomic mass is 10.0. The predicted molar refractivity (Wildman–Crippen MR) is 131 cm³/mol. The second-order valence-corrected chi connectivity index (χ2v) is 10.5. The molecule has 4 atom stereocenters. The normalized spacial score (nSPS) is 27.0. The first-order valence-electron chi connectivity index (χ1n) is 12.2. The summed E-state index contributed by atoms with van der Waals surface area (Å²) < 4.78 is 56.0. The third-order valence-electron chi connectivity index (χ3n) is 7.01. The van der Waals surface area contributed by atoms with Crippen molar-refractivity contribution in [2.24, 2.45) is 0 Å². The Hall–Kier alpha value is -2.67. The van der Waals surface area contributed by atoms with Crippen molar-refractivity contribution in [2.75, 3.05) is 29.9 Å². The number of anilines is 2. The molecule has 0 unspecified atom stereocenters. The van der Waals surface area contributed by atoms with Crippen LogP contribution in [0.1, 0.15) is 32.7 Å². The highest BCUT2D eigenvalue weighted by molar-refractivity contribution is 6.33. The van der Waals surface area contributed by atoms with Crippen LogP contribution >= 0.6 is 11.6 Å². The quantitative estimate of drug-likeness (QED) is 0.503. The van der Waals surface area contributed by atoms with Gasteiger partial charge in [0.05, 0.1) is 47.7 Å². The molecule has 0 saturated carbocycles. The number of ether oxygens (including phenoxy) is 2. The van der Waals surface area contributed by atoms with E-state index in [2.05, 4.69) is 20.3 Å². The van der Waals surface area contributed by atoms with Gasteiger partial charge < -0.3 is 29.4 Å². The molecule has 0 aliphatic carbocycles. The average Bonchev–Trinajstić information content (AvgIpc) is 3.53. The first kappa shape index (κ1) is 24.7. The minimum atomic E-state index is -2.81. The maximum absolute atomic E-state index is 15.4. The van der Waals surface area contributed by atoms with Gasteiger partial charge in [-0.05, 0) is 32.4 Å². The molecule has 3 aliphatic heterocycles. The molecule has 0 amide bonds. The molecule has 3 fully saturated rings. The van der Waals surface area contributed by atoms with Crippen molar-refractivity contribution in [3.8, 4) is 11.3 Å². The monoisotopic (exact) mass is 538 g/mol. The smallest absolute Gasteiger partial charge is 0.267 e. The summed E-state index contributed by atoms with van der Waals surface area (Å²) in [5, 5.41) is 13.8. The van der Waals surface area contributed by atoms with Gasteiger partial charge in [-0.2, -0.15) is 0 Å². The van der Waals surface area contributed by atoms with Crippen LogP contribution in [0.15, 0.2) is 18.3 Å². The lowest BCUT2D eigenvalue weighted by molar-refractivity contribution is -0.156. The van der Waals surface area contributed by atoms with E-state index in [1.807, 2.05) is 13.8 Å². The fourth-order valence-electron chi connectivity index (χ4n) is 5.25. The lowest BCUT2D eigenvalue weighted by Gasteiger charge is -2.32. The zero-order valence-corrected chi connectivity index (χ0v) is 20.9. The number of fused-ring (bicyclic) bond motifs is 3. The van der Waals surface area contributed by atoms with Crippen molar-refractivity contribution in [3.63, 3.8) is 0 Å². The highest BCUT2D eigenvalue weighted by atomic mass is 35.5. The summed E-state index contributed by atoms with van der Waals surface area (Å²) in [6.07, 6.45) is -0.111. The molecular weight excluding hydrogens is 513 g/mol. The van der Waals surface area contributed by atoms with Crippen molar-refractivity contribution in [1.82, 2.24) is 19.5 Å². The minimum absolute atomic E-state index is 0.0898. The van der Waals surface area contributed by atoms with Crippen LogP contribution in [0, 0.1) is 5.82 Å². The first-order chi connectivity index (χ1) is 17.6. The van der Waals surface area contributed by atoms with Crippen molar-refractivity contribution in [3.05, 3.63) is 29.2 Å². The van der Waals surface area contributed by atoms with E-state index in [9.17, 15) is 13.9 Å². The third kappa shape index (κ3) is 4.39. The topological polar surface area (TPSA) is 97.6 Å². The summed E-state index contributed by atoms with van der Waals surface area (Å²) in [6, 6.07) is 2.41. The minimum Gasteiger partial charge on any atom is -0.386 e. The molecule has 3 aliphatic rings. The summed E-state index contributed by atoms with van der Waals surface area (Å²) in [5.74, 6) is -2.91. The van der Waals surface area contributed by atoms with Crippen LogP contribution in [0.4, 0.5) is 25.1 Å². The van der Waals surface area contributed by atoms with Gasteiger partial charge in [0.25, 0.3) is 5.92 Å². The van der Waals surface area contributed by atoms with Gasteiger partial charge in [-0.25, -0.2) is 28.1 Å². The van der Waals surface area contributed by atoms with Crippen molar-refractivity contribution in [1.29, 1.82) is 0 Å². The number of hydrogen-bond donors (Lipinski definition) is 2. The summed E-state index contributed by atoms with van der Waals surface area (Å²) in [6.45, 7) is 3.86. The molecule has 1 aromatic carbocycles. The second kappa shape index (κ2) is 8.97. The van der Waals surface area contributed by atoms with E-state index in [4.69, 9.17) is 21.1 Å². The molecular formula is C24H26ClF3N6O3. The van der Waals surface area contributed by atoms with Crippen LogP contribution in [0.2, 0.25) is 5.02 Å². The van der Waals surface area contributed by atoms with Crippen LogP contribution in [0.25, 0.3) is 22.3 Å². The van der Waals surface area contributed by atoms with Gasteiger partial charge in [0, 0.05) is 24.6 Å². The first-order valence-corrected chi connectivity index (χ1v) is 12.6. The number of nitrogens with zero attached hydrogens (tertiary/aromatic N) is 5. The molecule has 198 valence electrons. The average molecular weight is 539 g/mol. The molecule has 9 nitrogen and oxygen atoms in total. The molecule has 0 spiro atoms. The zero-order chi connectivity index (χ0) is 26.1. The molecule has 6 rings (SSSR count). The highest BCUT2D eigenvalue weighted by Gasteiger charge is 2.44. The Morgan fingerprint density at radius 2 is 2.08 bits per heavy atom. The van der Waals surface area contributed by atoms with Crippen molar-refractivity contribution < 1.29 is 27.8 Å². The van der Waals surface area contributed by atoms with E-state index in [1.165, 1.54) is 17.2 Å². The molecule has 37 heavy (non-hydrogen) atoms. The van der Waals surface area contributed by atoms with E-state index in [-0.39, 0.29) is 47.3 Å². The van der Waals surface area contributed by atoms with Crippen LogP contribution in [-0.4, -0.2) is 74.8 Å². The van der Waals surface area contributed by atoms with E-state index in [0.29, 0.717) is 30.1 Å². The maximum Gasteiger partial charge on any atom is 0.267 e. The molecule has 2 bridgehead atoms. The Balaban J connectivity index is 1.37. The van der Waals surface area contributed by atoms with Crippen LogP contribution in [0.5, 0.6) is 0 Å². The molecule has 3 saturated heterocycles. The molecule has 13 heteroatoms. The number of aliphatic hydroxyl groups excluding tert-OH is 1.